The highest BCUT2D eigenvalue weighted by Crippen LogP contribution is 2.05. The molecule has 0 aromatic heterocycles. The van der Waals surface area contributed by atoms with Crippen molar-refractivity contribution in [3.05, 3.63) is 23.8 Å². The second-order valence-electron chi connectivity index (χ2n) is 4.01. The number of unbranched alkanes of at least 4 members (excludes halogenated alkanes) is 5. The molecule has 0 spiro atoms. The van der Waals surface area contributed by atoms with Crippen molar-refractivity contribution in [1.82, 2.24) is 0 Å². The highest BCUT2D eigenvalue weighted by Gasteiger charge is 1.86. The van der Waals surface area contributed by atoms with Crippen LogP contribution in [0.4, 0.5) is 0 Å². The van der Waals surface area contributed by atoms with Crippen LogP contribution >= 0.6 is 0 Å². The molecule has 0 aromatic rings. The van der Waals surface area contributed by atoms with Crippen LogP contribution in [0, 0.1) is 0 Å². The van der Waals surface area contributed by atoms with Gasteiger partial charge in [-0.05, 0) is 19.8 Å². The molecule has 0 aliphatic rings. The van der Waals surface area contributed by atoms with Crippen molar-refractivity contribution in [2.75, 3.05) is 0 Å². The predicted octanol–water partition coefficient (Wildman–Crippen LogP) is 4.44. The van der Waals surface area contributed by atoms with Gasteiger partial charge in [-0.25, -0.2) is 0 Å². The Hall–Kier alpha value is -0.850. The van der Waals surface area contributed by atoms with E-state index in [2.05, 4.69) is 19.1 Å². The molecular formula is C14H24O. The Bertz CT molecular complexity index is 201. The standard InChI is InChI=1S/C14H24O/c1-3-4-5-6-7-8-9-10-11-14(2)12-13-15/h9-11,13H,3-8,12H2,1-2H3. The third-order valence-electron chi connectivity index (χ3n) is 2.40. The quantitative estimate of drug-likeness (QED) is 0.311. The first-order valence-corrected chi connectivity index (χ1v) is 6.07. The van der Waals surface area contributed by atoms with Crippen LogP contribution in [0.1, 0.15) is 58.8 Å². The molecule has 0 N–H and O–H groups in total. The maximum atomic E-state index is 10.2. The van der Waals surface area contributed by atoms with Crippen LogP contribution in [0.3, 0.4) is 0 Å². The average Bonchev–Trinajstić information content (AvgIpc) is 2.22. The molecule has 0 fully saturated rings. The van der Waals surface area contributed by atoms with Crippen molar-refractivity contribution in [3.8, 4) is 0 Å². The van der Waals surface area contributed by atoms with Crippen LogP contribution in [-0.2, 0) is 4.79 Å². The summed E-state index contributed by atoms with van der Waals surface area (Å²) >= 11 is 0. The zero-order valence-electron chi connectivity index (χ0n) is 10.2. The third kappa shape index (κ3) is 11.1. The molecule has 0 aromatic carbocycles. The van der Waals surface area contributed by atoms with E-state index in [0.717, 1.165) is 18.3 Å². The fourth-order valence-corrected chi connectivity index (χ4v) is 1.39. The van der Waals surface area contributed by atoms with Crippen LogP contribution in [0.25, 0.3) is 0 Å². The van der Waals surface area contributed by atoms with E-state index in [1.165, 1.54) is 32.1 Å². The van der Waals surface area contributed by atoms with Gasteiger partial charge in [-0.3, -0.25) is 0 Å². The molecule has 0 rings (SSSR count). The van der Waals surface area contributed by atoms with E-state index in [9.17, 15) is 4.79 Å². The van der Waals surface area contributed by atoms with E-state index in [1.807, 2.05) is 13.0 Å². The molecule has 0 amide bonds. The molecule has 15 heavy (non-hydrogen) atoms. The molecule has 0 unspecified atom stereocenters. The van der Waals surface area contributed by atoms with Crippen LogP contribution in [0.15, 0.2) is 23.8 Å². The van der Waals surface area contributed by atoms with Gasteiger partial charge in [0.05, 0.1) is 0 Å². The number of carbonyl (C=O) groups is 1. The summed E-state index contributed by atoms with van der Waals surface area (Å²) in [5.74, 6) is 0. The lowest BCUT2D eigenvalue weighted by molar-refractivity contribution is -0.107. The van der Waals surface area contributed by atoms with E-state index >= 15 is 0 Å². The molecule has 0 saturated heterocycles. The lowest BCUT2D eigenvalue weighted by Crippen LogP contribution is -1.77. The molecule has 0 bridgehead atoms. The molecule has 0 radical (unpaired) electrons. The van der Waals surface area contributed by atoms with Gasteiger partial charge < -0.3 is 4.79 Å². The van der Waals surface area contributed by atoms with E-state index < -0.39 is 0 Å². The number of hydrogen-bond acceptors (Lipinski definition) is 1. The van der Waals surface area contributed by atoms with Gasteiger partial charge in [0.1, 0.15) is 6.29 Å². The third-order valence-corrected chi connectivity index (χ3v) is 2.40. The minimum absolute atomic E-state index is 0.556. The molecular weight excluding hydrogens is 184 g/mol. The van der Waals surface area contributed by atoms with E-state index in [4.69, 9.17) is 0 Å². The fraction of sp³-hybridized carbons (Fsp3) is 0.643. The summed E-state index contributed by atoms with van der Waals surface area (Å²) in [6, 6.07) is 0. The van der Waals surface area contributed by atoms with Crippen molar-refractivity contribution in [1.29, 1.82) is 0 Å². The van der Waals surface area contributed by atoms with Crippen molar-refractivity contribution in [2.24, 2.45) is 0 Å². The number of allylic oxidation sites excluding steroid dienone is 4. The lowest BCUT2D eigenvalue weighted by Gasteiger charge is -1.95. The Kier molecular flexibility index (Phi) is 10.6. The minimum atomic E-state index is 0.556. The van der Waals surface area contributed by atoms with Crippen LogP contribution < -0.4 is 0 Å². The van der Waals surface area contributed by atoms with E-state index in [-0.39, 0.29) is 0 Å². The van der Waals surface area contributed by atoms with Gasteiger partial charge in [-0.15, -0.1) is 0 Å². The summed E-state index contributed by atoms with van der Waals surface area (Å²) in [4.78, 5) is 10.2. The molecule has 0 atom stereocenters. The SMILES string of the molecule is CCCCCCCC=CC=C(C)CC=O. The van der Waals surface area contributed by atoms with Crippen LogP contribution in [-0.4, -0.2) is 6.29 Å². The second kappa shape index (κ2) is 11.2. The molecule has 0 heterocycles. The summed E-state index contributed by atoms with van der Waals surface area (Å²) < 4.78 is 0. The van der Waals surface area contributed by atoms with Crippen molar-refractivity contribution < 1.29 is 4.79 Å². The first-order valence-electron chi connectivity index (χ1n) is 6.07. The van der Waals surface area contributed by atoms with Crippen LogP contribution in [0.5, 0.6) is 0 Å². The average molecular weight is 208 g/mol. The van der Waals surface area contributed by atoms with Gasteiger partial charge in [0, 0.05) is 6.42 Å². The topological polar surface area (TPSA) is 17.1 Å². The monoisotopic (exact) mass is 208 g/mol. The Morgan fingerprint density at radius 3 is 2.53 bits per heavy atom. The molecule has 0 saturated carbocycles. The Morgan fingerprint density at radius 2 is 1.87 bits per heavy atom. The molecule has 0 aliphatic heterocycles. The summed E-state index contributed by atoms with van der Waals surface area (Å²) in [5, 5.41) is 0. The predicted molar refractivity (Wildman–Crippen MR) is 67.0 cm³/mol. The molecule has 1 heteroatoms. The van der Waals surface area contributed by atoms with Crippen LogP contribution in [0.2, 0.25) is 0 Å². The number of aldehydes is 1. The lowest BCUT2D eigenvalue weighted by atomic mass is 10.1. The largest absolute Gasteiger partial charge is 0.303 e. The summed E-state index contributed by atoms with van der Waals surface area (Å²) in [5.41, 5.74) is 1.13. The Balaban J connectivity index is 3.38. The maximum Gasteiger partial charge on any atom is 0.124 e. The number of hydrogen-bond donors (Lipinski definition) is 0. The van der Waals surface area contributed by atoms with Gasteiger partial charge in [0.2, 0.25) is 0 Å². The van der Waals surface area contributed by atoms with Gasteiger partial charge >= 0.3 is 0 Å². The van der Waals surface area contributed by atoms with E-state index in [0.29, 0.717) is 6.42 Å². The van der Waals surface area contributed by atoms with Gasteiger partial charge in [-0.2, -0.15) is 0 Å². The van der Waals surface area contributed by atoms with Crippen molar-refractivity contribution in [2.45, 2.75) is 58.8 Å². The summed E-state index contributed by atoms with van der Waals surface area (Å²) in [6.07, 6.45) is 15.6. The smallest absolute Gasteiger partial charge is 0.124 e. The molecule has 1 nitrogen and oxygen atoms in total. The highest BCUT2D eigenvalue weighted by atomic mass is 16.1. The van der Waals surface area contributed by atoms with Crippen molar-refractivity contribution >= 4 is 6.29 Å². The highest BCUT2D eigenvalue weighted by molar-refractivity contribution is 5.54. The molecule has 86 valence electrons. The molecule has 0 aliphatic carbocycles. The number of rotatable bonds is 9. The van der Waals surface area contributed by atoms with Gasteiger partial charge in [0.15, 0.2) is 0 Å². The first kappa shape index (κ1) is 14.2. The van der Waals surface area contributed by atoms with Crippen molar-refractivity contribution in [3.63, 3.8) is 0 Å². The first-order chi connectivity index (χ1) is 7.31. The summed E-state index contributed by atoms with van der Waals surface area (Å²) in [7, 11) is 0. The minimum Gasteiger partial charge on any atom is -0.303 e. The number of carbonyl (C=O) groups excluding carboxylic acids is 1. The van der Waals surface area contributed by atoms with Gasteiger partial charge in [-0.1, -0.05) is 56.4 Å². The Morgan fingerprint density at radius 1 is 1.13 bits per heavy atom. The summed E-state index contributed by atoms with van der Waals surface area (Å²) in [6.45, 7) is 4.22. The normalized spacial score (nSPS) is 12.3. The van der Waals surface area contributed by atoms with Gasteiger partial charge in [0.25, 0.3) is 0 Å². The Labute approximate surface area is 94.3 Å². The zero-order valence-corrected chi connectivity index (χ0v) is 10.2. The zero-order chi connectivity index (χ0) is 11.4. The fourth-order valence-electron chi connectivity index (χ4n) is 1.39. The van der Waals surface area contributed by atoms with E-state index in [1.54, 1.807) is 0 Å². The second-order valence-corrected chi connectivity index (χ2v) is 4.01. The maximum absolute atomic E-state index is 10.2.